The quantitative estimate of drug-likeness (QED) is 0.633. The van der Waals surface area contributed by atoms with Crippen LogP contribution in [0, 0.1) is 5.92 Å². The maximum Gasteiger partial charge on any atom is 0.141 e. The highest BCUT2D eigenvalue weighted by molar-refractivity contribution is 5.37. The summed E-state index contributed by atoms with van der Waals surface area (Å²) in [6, 6.07) is 2.06. The third-order valence-electron chi connectivity index (χ3n) is 2.44. The van der Waals surface area contributed by atoms with Crippen molar-refractivity contribution in [3.8, 4) is 5.75 Å². The fourth-order valence-electron chi connectivity index (χ4n) is 1.64. The lowest BCUT2D eigenvalue weighted by atomic mass is 9.91. The first-order valence-electron chi connectivity index (χ1n) is 4.35. The second-order valence-electron chi connectivity index (χ2n) is 3.58. The molecule has 1 aliphatic heterocycles. The number of rotatable bonds is 1. The lowest BCUT2D eigenvalue weighted by Crippen LogP contribution is -2.07. The molecule has 0 aliphatic carbocycles. The molecule has 0 saturated carbocycles. The smallest absolute Gasteiger partial charge is 0.141 e. The topological polar surface area (TPSA) is 22.1 Å². The van der Waals surface area contributed by atoms with Gasteiger partial charge in [-0.15, -0.1) is 0 Å². The van der Waals surface area contributed by atoms with Crippen molar-refractivity contribution in [2.45, 2.75) is 19.8 Å². The summed E-state index contributed by atoms with van der Waals surface area (Å²) < 4.78 is 5.51. The van der Waals surface area contributed by atoms with Crippen LogP contribution in [0.1, 0.15) is 25.3 Å². The first-order chi connectivity index (χ1) is 5.79. The normalized spacial score (nSPS) is 20.8. The molecule has 0 aromatic carbocycles. The average Bonchev–Trinajstić information content (AvgIpc) is 2.47. The monoisotopic (exact) mass is 163 g/mol. The Morgan fingerprint density at radius 1 is 1.58 bits per heavy atom. The highest BCUT2D eigenvalue weighted by Crippen LogP contribution is 2.36. The maximum atomic E-state index is 5.51. The van der Waals surface area contributed by atoms with Crippen LogP contribution in [0.5, 0.6) is 5.75 Å². The third kappa shape index (κ3) is 1.07. The van der Waals surface area contributed by atoms with Gasteiger partial charge in [-0.3, -0.25) is 4.98 Å². The van der Waals surface area contributed by atoms with Crippen molar-refractivity contribution in [3.63, 3.8) is 0 Å². The van der Waals surface area contributed by atoms with Crippen LogP contribution >= 0.6 is 0 Å². The van der Waals surface area contributed by atoms with E-state index in [9.17, 15) is 0 Å². The van der Waals surface area contributed by atoms with E-state index in [4.69, 9.17) is 4.74 Å². The minimum absolute atomic E-state index is 0.558. The van der Waals surface area contributed by atoms with E-state index in [2.05, 4.69) is 24.9 Å². The Bertz CT molecular complexity index is 283. The molecule has 2 heterocycles. The molecule has 64 valence electrons. The van der Waals surface area contributed by atoms with Crippen LogP contribution in [-0.2, 0) is 0 Å². The molecule has 0 bridgehead atoms. The summed E-state index contributed by atoms with van der Waals surface area (Å²) in [5.74, 6) is 2.17. The van der Waals surface area contributed by atoms with E-state index >= 15 is 0 Å². The van der Waals surface area contributed by atoms with Gasteiger partial charge in [-0.25, -0.2) is 0 Å². The number of fused-ring (bicyclic) bond motifs is 1. The van der Waals surface area contributed by atoms with Gasteiger partial charge in [0.1, 0.15) is 5.75 Å². The van der Waals surface area contributed by atoms with E-state index in [-0.39, 0.29) is 0 Å². The molecular formula is C10H13NO. The lowest BCUT2D eigenvalue weighted by Gasteiger charge is -2.11. The molecular weight excluding hydrogens is 150 g/mol. The maximum absolute atomic E-state index is 5.51. The van der Waals surface area contributed by atoms with Crippen molar-refractivity contribution in [2.24, 2.45) is 5.92 Å². The lowest BCUT2D eigenvalue weighted by molar-refractivity contribution is 0.303. The van der Waals surface area contributed by atoms with Crippen molar-refractivity contribution in [3.05, 3.63) is 24.0 Å². The summed E-state index contributed by atoms with van der Waals surface area (Å²) in [4.78, 5) is 4.03. The molecule has 2 nitrogen and oxygen atoms in total. The summed E-state index contributed by atoms with van der Waals surface area (Å²) in [7, 11) is 0. The molecule has 0 fully saturated rings. The molecule has 0 spiro atoms. The van der Waals surface area contributed by atoms with Crippen molar-refractivity contribution in [1.29, 1.82) is 0 Å². The number of nitrogens with zero attached hydrogens (tertiary/aromatic N) is 1. The number of aromatic nitrogens is 1. The molecule has 0 amide bonds. The number of ether oxygens (including phenoxy) is 1. The van der Waals surface area contributed by atoms with Gasteiger partial charge in [-0.1, -0.05) is 13.8 Å². The first kappa shape index (κ1) is 7.59. The van der Waals surface area contributed by atoms with Crippen molar-refractivity contribution in [1.82, 2.24) is 4.98 Å². The van der Waals surface area contributed by atoms with Gasteiger partial charge in [0, 0.05) is 17.7 Å². The Kier molecular flexibility index (Phi) is 1.75. The van der Waals surface area contributed by atoms with Gasteiger partial charge in [0.2, 0.25) is 0 Å². The Morgan fingerprint density at radius 2 is 2.42 bits per heavy atom. The molecule has 1 unspecified atom stereocenters. The van der Waals surface area contributed by atoms with E-state index in [1.54, 1.807) is 6.20 Å². The van der Waals surface area contributed by atoms with Crippen LogP contribution in [0.4, 0.5) is 0 Å². The second-order valence-corrected chi connectivity index (χ2v) is 3.58. The molecule has 0 radical (unpaired) electrons. The van der Waals surface area contributed by atoms with Crippen LogP contribution in [0.25, 0.3) is 0 Å². The minimum Gasteiger partial charge on any atom is -0.491 e. The fraction of sp³-hybridized carbons (Fsp3) is 0.500. The Balaban J connectivity index is 2.36. The van der Waals surface area contributed by atoms with Gasteiger partial charge in [0.15, 0.2) is 0 Å². The molecule has 0 N–H and O–H groups in total. The van der Waals surface area contributed by atoms with Gasteiger partial charge in [-0.05, 0) is 12.0 Å². The molecule has 2 heteroatoms. The highest BCUT2D eigenvalue weighted by atomic mass is 16.5. The predicted molar refractivity (Wildman–Crippen MR) is 47.3 cm³/mol. The highest BCUT2D eigenvalue weighted by Gasteiger charge is 2.26. The summed E-state index contributed by atoms with van der Waals surface area (Å²) in [5.41, 5.74) is 1.32. The van der Waals surface area contributed by atoms with Crippen molar-refractivity contribution < 1.29 is 4.74 Å². The standard InChI is InChI=1S/C10H13NO/c1-7(2)9-6-12-10-5-11-4-3-8(9)10/h3-5,7,9H,6H2,1-2H3. The van der Waals surface area contributed by atoms with Gasteiger partial charge >= 0.3 is 0 Å². The molecule has 2 rings (SSSR count). The zero-order chi connectivity index (χ0) is 8.55. The number of hydrogen-bond acceptors (Lipinski definition) is 2. The zero-order valence-corrected chi connectivity index (χ0v) is 7.45. The zero-order valence-electron chi connectivity index (χ0n) is 7.45. The SMILES string of the molecule is CC(C)C1COc2cnccc21. The van der Waals surface area contributed by atoms with E-state index in [1.165, 1.54) is 5.56 Å². The molecule has 0 saturated heterocycles. The Labute approximate surface area is 72.6 Å². The third-order valence-corrected chi connectivity index (χ3v) is 2.44. The van der Waals surface area contributed by atoms with Crippen molar-refractivity contribution in [2.75, 3.05) is 6.61 Å². The summed E-state index contributed by atoms with van der Waals surface area (Å²) >= 11 is 0. The molecule has 1 atom stereocenters. The Hall–Kier alpha value is -1.05. The van der Waals surface area contributed by atoms with Crippen LogP contribution in [-0.4, -0.2) is 11.6 Å². The summed E-state index contributed by atoms with van der Waals surface area (Å²) in [6.45, 7) is 5.27. The Morgan fingerprint density at radius 3 is 3.17 bits per heavy atom. The van der Waals surface area contributed by atoms with Crippen molar-refractivity contribution >= 4 is 0 Å². The van der Waals surface area contributed by atoms with E-state index < -0.39 is 0 Å². The van der Waals surface area contributed by atoms with Gasteiger partial charge in [-0.2, -0.15) is 0 Å². The second kappa shape index (κ2) is 2.77. The van der Waals surface area contributed by atoms with E-state index in [0.29, 0.717) is 11.8 Å². The van der Waals surface area contributed by atoms with Crippen LogP contribution in [0.2, 0.25) is 0 Å². The van der Waals surface area contributed by atoms with Crippen LogP contribution < -0.4 is 4.74 Å². The molecule has 1 aromatic rings. The average molecular weight is 163 g/mol. The summed E-state index contributed by atoms with van der Waals surface area (Å²) in [6.07, 6.45) is 3.64. The minimum atomic E-state index is 0.558. The van der Waals surface area contributed by atoms with Crippen LogP contribution in [0.15, 0.2) is 18.5 Å². The molecule has 1 aromatic heterocycles. The van der Waals surface area contributed by atoms with Gasteiger partial charge in [0.05, 0.1) is 12.8 Å². The molecule has 12 heavy (non-hydrogen) atoms. The number of hydrogen-bond donors (Lipinski definition) is 0. The fourth-order valence-corrected chi connectivity index (χ4v) is 1.64. The predicted octanol–water partition coefficient (Wildman–Crippen LogP) is 2.21. The van der Waals surface area contributed by atoms with E-state index in [1.807, 2.05) is 6.20 Å². The molecule has 1 aliphatic rings. The van der Waals surface area contributed by atoms with E-state index in [0.717, 1.165) is 12.4 Å². The van der Waals surface area contributed by atoms with Crippen LogP contribution in [0.3, 0.4) is 0 Å². The summed E-state index contributed by atoms with van der Waals surface area (Å²) in [5, 5.41) is 0. The van der Waals surface area contributed by atoms with Gasteiger partial charge in [0.25, 0.3) is 0 Å². The largest absolute Gasteiger partial charge is 0.491 e. The first-order valence-corrected chi connectivity index (χ1v) is 4.35. The number of pyridine rings is 1. The van der Waals surface area contributed by atoms with Gasteiger partial charge < -0.3 is 4.74 Å².